The number of benzene rings is 1. The number of nitrogens with one attached hydrogen (secondary N) is 1. The van der Waals surface area contributed by atoms with Crippen LogP contribution in [0.2, 0.25) is 0 Å². The van der Waals surface area contributed by atoms with E-state index in [0.717, 1.165) is 18.7 Å². The Bertz CT molecular complexity index is 340. The molecule has 1 aromatic rings. The number of amides is 1. The quantitative estimate of drug-likeness (QED) is 0.765. The molecule has 0 bridgehead atoms. The van der Waals surface area contributed by atoms with Crippen LogP contribution in [0.4, 0.5) is 0 Å². The number of rotatable bonds is 6. The molecule has 1 atom stereocenters. The van der Waals surface area contributed by atoms with E-state index in [-0.39, 0.29) is 11.9 Å². The third-order valence-corrected chi connectivity index (χ3v) is 2.74. The van der Waals surface area contributed by atoms with Gasteiger partial charge >= 0.3 is 0 Å². The standard InChI is InChI=1S/C13H21N3O/c1-15-13(17)8-9-16(2)10-12(14)11-6-4-3-5-7-11/h3-7,12H,8-10,14H2,1-2H3,(H,15,17). The van der Waals surface area contributed by atoms with Crippen LogP contribution in [0.25, 0.3) is 0 Å². The van der Waals surface area contributed by atoms with Crippen molar-refractivity contribution in [3.63, 3.8) is 0 Å². The zero-order valence-electron chi connectivity index (χ0n) is 10.5. The summed E-state index contributed by atoms with van der Waals surface area (Å²) in [6.07, 6.45) is 0.508. The number of nitrogens with zero attached hydrogens (tertiary/aromatic N) is 1. The second-order valence-electron chi connectivity index (χ2n) is 4.20. The molecule has 0 aliphatic carbocycles. The number of hydrogen-bond donors (Lipinski definition) is 2. The van der Waals surface area contributed by atoms with E-state index in [9.17, 15) is 4.79 Å². The number of carbonyl (C=O) groups excluding carboxylic acids is 1. The molecule has 4 heteroatoms. The van der Waals surface area contributed by atoms with Crippen LogP contribution in [0.3, 0.4) is 0 Å². The van der Waals surface area contributed by atoms with Crippen molar-refractivity contribution in [3.05, 3.63) is 35.9 Å². The van der Waals surface area contributed by atoms with E-state index in [4.69, 9.17) is 5.73 Å². The van der Waals surface area contributed by atoms with Gasteiger partial charge in [0.05, 0.1) is 0 Å². The molecular formula is C13H21N3O. The van der Waals surface area contributed by atoms with Crippen molar-refractivity contribution < 1.29 is 4.79 Å². The first kappa shape index (κ1) is 13.7. The summed E-state index contributed by atoms with van der Waals surface area (Å²) >= 11 is 0. The van der Waals surface area contributed by atoms with Crippen molar-refractivity contribution in [2.75, 3.05) is 27.2 Å². The second kappa shape index (κ2) is 7.04. The summed E-state index contributed by atoms with van der Waals surface area (Å²) in [6.45, 7) is 1.47. The van der Waals surface area contributed by atoms with Gasteiger partial charge in [0.15, 0.2) is 0 Å². The minimum absolute atomic E-state index is 0.00844. The fourth-order valence-corrected chi connectivity index (χ4v) is 1.65. The molecule has 1 amide bonds. The lowest BCUT2D eigenvalue weighted by molar-refractivity contribution is -0.120. The smallest absolute Gasteiger partial charge is 0.221 e. The van der Waals surface area contributed by atoms with Crippen molar-refractivity contribution >= 4 is 5.91 Å². The summed E-state index contributed by atoms with van der Waals surface area (Å²) in [5.74, 6) is 0.0603. The minimum atomic E-state index is -0.00844. The van der Waals surface area contributed by atoms with Gasteiger partial charge in [-0.1, -0.05) is 30.3 Å². The summed E-state index contributed by atoms with van der Waals surface area (Å²) in [5, 5.41) is 2.61. The van der Waals surface area contributed by atoms with Gasteiger partial charge in [-0.2, -0.15) is 0 Å². The van der Waals surface area contributed by atoms with Crippen LogP contribution in [-0.4, -0.2) is 38.0 Å². The highest BCUT2D eigenvalue weighted by molar-refractivity contribution is 5.75. The van der Waals surface area contributed by atoms with Crippen LogP contribution >= 0.6 is 0 Å². The van der Waals surface area contributed by atoms with Crippen LogP contribution in [0.1, 0.15) is 18.0 Å². The molecule has 0 aliphatic heterocycles. The molecule has 94 valence electrons. The molecule has 1 aromatic carbocycles. The predicted molar refractivity (Wildman–Crippen MR) is 69.6 cm³/mol. The van der Waals surface area contributed by atoms with Gasteiger partial charge in [-0.05, 0) is 12.6 Å². The average molecular weight is 235 g/mol. The first-order chi connectivity index (χ1) is 8.13. The van der Waals surface area contributed by atoms with Gasteiger partial charge in [0, 0.05) is 32.6 Å². The lowest BCUT2D eigenvalue weighted by atomic mass is 10.1. The zero-order valence-corrected chi connectivity index (χ0v) is 10.5. The Balaban J connectivity index is 2.36. The molecule has 0 radical (unpaired) electrons. The van der Waals surface area contributed by atoms with E-state index in [1.54, 1.807) is 7.05 Å². The molecule has 0 saturated heterocycles. The van der Waals surface area contributed by atoms with Gasteiger partial charge in [-0.3, -0.25) is 4.79 Å². The Labute approximate surface area is 103 Å². The Hall–Kier alpha value is -1.39. The fraction of sp³-hybridized carbons (Fsp3) is 0.462. The zero-order chi connectivity index (χ0) is 12.7. The van der Waals surface area contributed by atoms with Crippen molar-refractivity contribution in [2.24, 2.45) is 5.73 Å². The van der Waals surface area contributed by atoms with Gasteiger partial charge in [-0.25, -0.2) is 0 Å². The Morgan fingerprint density at radius 2 is 2.06 bits per heavy atom. The molecule has 1 rings (SSSR count). The molecule has 0 aliphatic rings. The number of hydrogen-bond acceptors (Lipinski definition) is 3. The van der Waals surface area contributed by atoms with Gasteiger partial charge in [0.25, 0.3) is 0 Å². The van der Waals surface area contributed by atoms with E-state index < -0.39 is 0 Å². The topological polar surface area (TPSA) is 58.4 Å². The summed E-state index contributed by atoms with van der Waals surface area (Å²) < 4.78 is 0. The van der Waals surface area contributed by atoms with Gasteiger partial charge in [0.2, 0.25) is 5.91 Å². The van der Waals surface area contributed by atoms with Gasteiger partial charge in [0.1, 0.15) is 0 Å². The van der Waals surface area contributed by atoms with E-state index in [2.05, 4.69) is 10.2 Å². The highest BCUT2D eigenvalue weighted by atomic mass is 16.1. The van der Waals surface area contributed by atoms with Crippen LogP contribution in [0, 0.1) is 0 Å². The normalized spacial score (nSPS) is 12.5. The predicted octanol–water partition coefficient (Wildman–Crippen LogP) is 0.754. The molecule has 4 nitrogen and oxygen atoms in total. The van der Waals surface area contributed by atoms with Crippen LogP contribution in [0.15, 0.2) is 30.3 Å². The molecule has 3 N–H and O–H groups in total. The molecular weight excluding hydrogens is 214 g/mol. The molecule has 17 heavy (non-hydrogen) atoms. The lowest BCUT2D eigenvalue weighted by Gasteiger charge is -2.21. The van der Waals surface area contributed by atoms with Crippen LogP contribution in [-0.2, 0) is 4.79 Å². The van der Waals surface area contributed by atoms with E-state index in [1.807, 2.05) is 37.4 Å². The molecule has 1 unspecified atom stereocenters. The maximum absolute atomic E-state index is 11.1. The molecule has 0 saturated carbocycles. The maximum Gasteiger partial charge on any atom is 0.221 e. The molecule has 0 heterocycles. The van der Waals surface area contributed by atoms with E-state index >= 15 is 0 Å². The maximum atomic E-state index is 11.1. The Morgan fingerprint density at radius 3 is 2.65 bits per heavy atom. The second-order valence-corrected chi connectivity index (χ2v) is 4.20. The largest absolute Gasteiger partial charge is 0.359 e. The SMILES string of the molecule is CNC(=O)CCN(C)CC(N)c1ccccc1. The van der Waals surface area contributed by atoms with Crippen molar-refractivity contribution in [2.45, 2.75) is 12.5 Å². The molecule has 0 aromatic heterocycles. The fourth-order valence-electron chi connectivity index (χ4n) is 1.65. The Morgan fingerprint density at radius 1 is 1.41 bits per heavy atom. The highest BCUT2D eigenvalue weighted by Gasteiger charge is 2.09. The molecule has 0 spiro atoms. The minimum Gasteiger partial charge on any atom is -0.359 e. The number of nitrogens with two attached hydrogens (primary N) is 1. The first-order valence-corrected chi connectivity index (χ1v) is 5.83. The number of carbonyl (C=O) groups is 1. The summed E-state index contributed by atoms with van der Waals surface area (Å²) in [7, 11) is 3.63. The average Bonchev–Trinajstić information content (AvgIpc) is 2.36. The number of likely N-dealkylation sites (N-methyl/N-ethyl adjacent to an activating group) is 1. The first-order valence-electron chi connectivity index (χ1n) is 5.83. The van der Waals surface area contributed by atoms with E-state index in [1.165, 1.54) is 0 Å². The van der Waals surface area contributed by atoms with Gasteiger partial charge < -0.3 is 16.0 Å². The van der Waals surface area contributed by atoms with Crippen molar-refractivity contribution in [3.8, 4) is 0 Å². The third-order valence-electron chi connectivity index (χ3n) is 2.74. The van der Waals surface area contributed by atoms with Crippen LogP contribution in [0.5, 0.6) is 0 Å². The van der Waals surface area contributed by atoms with Crippen molar-refractivity contribution in [1.82, 2.24) is 10.2 Å². The monoisotopic (exact) mass is 235 g/mol. The third kappa shape index (κ3) is 4.97. The summed E-state index contributed by atoms with van der Waals surface area (Å²) in [6, 6.07) is 9.99. The van der Waals surface area contributed by atoms with E-state index in [0.29, 0.717) is 6.42 Å². The lowest BCUT2D eigenvalue weighted by Crippen LogP contribution is -2.32. The molecule has 0 fully saturated rings. The highest BCUT2D eigenvalue weighted by Crippen LogP contribution is 2.10. The Kier molecular flexibility index (Phi) is 5.66. The summed E-state index contributed by atoms with van der Waals surface area (Å²) in [5.41, 5.74) is 7.22. The summed E-state index contributed by atoms with van der Waals surface area (Å²) in [4.78, 5) is 13.2. The van der Waals surface area contributed by atoms with Crippen LogP contribution < -0.4 is 11.1 Å². The van der Waals surface area contributed by atoms with Gasteiger partial charge in [-0.15, -0.1) is 0 Å². The van der Waals surface area contributed by atoms with Crippen molar-refractivity contribution in [1.29, 1.82) is 0 Å².